The number of aryl methyl sites for hydroxylation is 1. The van der Waals surface area contributed by atoms with E-state index in [-0.39, 0.29) is 17.4 Å². The van der Waals surface area contributed by atoms with Crippen LogP contribution in [-0.2, 0) is 23.1 Å². The van der Waals surface area contributed by atoms with Gasteiger partial charge in [-0.3, -0.25) is 0 Å². The average Bonchev–Trinajstić information content (AvgIpc) is 2.43. The molecule has 1 aromatic rings. The Balaban J connectivity index is 3.20. The Hall–Kier alpha value is -0.910. The quantitative estimate of drug-likeness (QED) is 0.841. The van der Waals surface area contributed by atoms with Gasteiger partial charge in [-0.25, -0.2) is 8.42 Å². The van der Waals surface area contributed by atoms with Crippen molar-refractivity contribution in [1.82, 2.24) is 4.31 Å². The van der Waals surface area contributed by atoms with Gasteiger partial charge in [-0.1, -0.05) is 33.8 Å². The third-order valence-electron chi connectivity index (χ3n) is 3.29. The maximum Gasteiger partial charge on any atom is 0.243 e. The highest BCUT2D eigenvalue weighted by molar-refractivity contribution is 7.89. The molecule has 0 aliphatic rings. The Morgan fingerprint density at radius 3 is 2.30 bits per heavy atom. The molecule has 1 N–H and O–H groups in total. The summed E-state index contributed by atoms with van der Waals surface area (Å²) in [6.45, 7) is 8.64. The lowest BCUT2D eigenvalue weighted by Crippen LogP contribution is -2.34. The molecule has 0 fully saturated rings. The highest BCUT2D eigenvalue weighted by Crippen LogP contribution is 2.21. The number of hydrogen-bond acceptors (Lipinski definition) is 3. The van der Waals surface area contributed by atoms with Crippen LogP contribution in [0.5, 0.6) is 0 Å². The molecule has 0 aliphatic carbocycles. The van der Waals surface area contributed by atoms with Crippen LogP contribution in [0.4, 0.5) is 0 Å². The van der Waals surface area contributed by atoms with Crippen LogP contribution in [0.2, 0.25) is 0 Å². The summed E-state index contributed by atoms with van der Waals surface area (Å²) in [7, 11) is -3.48. The predicted octanol–water partition coefficient (Wildman–Crippen LogP) is 2.41. The lowest BCUT2D eigenvalue weighted by Gasteiger charge is -2.23. The second-order valence-corrected chi connectivity index (χ2v) is 7.23. The lowest BCUT2D eigenvalue weighted by atomic mass is 10.1. The fraction of sp³-hybridized carbons (Fsp3) is 0.600. The molecule has 0 spiro atoms. The minimum absolute atomic E-state index is 0.136. The molecule has 4 nitrogen and oxygen atoms in total. The molecule has 1 aromatic carbocycles. The van der Waals surface area contributed by atoms with E-state index in [1.165, 1.54) is 4.31 Å². The van der Waals surface area contributed by atoms with Crippen molar-refractivity contribution in [3.63, 3.8) is 0 Å². The number of hydrogen-bond donors (Lipinski definition) is 1. The van der Waals surface area contributed by atoms with Gasteiger partial charge in [-0.15, -0.1) is 0 Å². The number of rotatable bonds is 7. The molecule has 0 aromatic heterocycles. The first kappa shape index (κ1) is 17.1. The van der Waals surface area contributed by atoms with E-state index in [0.29, 0.717) is 18.7 Å². The predicted molar refractivity (Wildman–Crippen MR) is 81.0 cm³/mol. The zero-order valence-electron chi connectivity index (χ0n) is 12.8. The SMILES string of the molecule is CCc1ccc(S(=O)(=O)N(CC)CC(C)C)cc1CO. The van der Waals surface area contributed by atoms with Crippen molar-refractivity contribution in [3.8, 4) is 0 Å². The first-order chi connectivity index (χ1) is 9.36. The fourth-order valence-corrected chi connectivity index (χ4v) is 3.87. The zero-order valence-corrected chi connectivity index (χ0v) is 13.6. The lowest BCUT2D eigenvalue weighted by molar-refractivity contribution is 0.280. The van der Waals surface area contributed by atoms with Crippen molar-refractivity contribution in [1.29, 1.82) is 0 Å². The molecule has 0 saturated heterocycles. The van der Waals surface area contributed by atoms with Gasteiger partial charge in [-0.05, 0) is 35.6 Å². The molecule has 0 bridgehead atoms. The third-order valence-corrected chi connectivity index (χ3v) is 5.23. The minimum atomic E-state index is -3.48. The van der Waals surface area contributed by atoms with Gasteiger partial charge in [0.15, 0.2) is 0 Å². The van der Waals surface area contributed by atoms with Crippen LogP contribution in [-0.4, -0.2) is 30.9 Å². The molecule has 0 aliphatic heterocycles. The maximum absolute atomic E-state index is 12.6. The van der Waals surface area contributed by atoms with Crippen LogP contribution in [0.1, 0.15) is 38.8 Å². The Kier molecular flexibility index (Phi) is 6.17. The van der Waals surface area contributed by atoms with Crippen LogP contribution < -0.4 is 0 Å². The largest absolute Gasteiger partial charge is 0.392 e. The molecule has 20 heavy (non-hydrogen) atoms. The Morgan fingerprint density at radius 2 is 1.85 bits per heavy atom. The van der Waals surface area contributed by atoms with Crippen molar-refractivity contribution >= 4 is 10.0 Å². The van der Waals surface area contributed by atoms with E-state index >= 15 is 0 Å². The molecule has 0 heterocycles. The molecular formula is C15H25NO3S. The zero-order chi connectivity index (χ0) is 15.3. The van der Waals surface area contributed by atoms with Gasteiger partial charge in [-0.2, -0.15) is 4.31 Å². The summed E-state index contributed by atoms with van der Waals surface area (Å²) in [5, 5.41) is 9.37. The van der Waals surface area contributed by atoms with E-state index in [9.17, 15) is 13.5 Å². The topological polar surface area (TPSA) is 57.6 Å². The van der Waals surface area contributed by atoms with Crippen molar-refractivity contribution in [2.75, 3.05) is 13.1 Å². The molecule has 114 valence electrons. The van der Waals surface area contributed by atoms with Gasteiger partial charge in [0.05, 0.1) is 11.5 Å². The summed E-state index contributed by atoms with van der Waals surface area (Å²) in [5.41, 5.74) is 1.67. The van der Waals surface area contributed by atoms with Gasteiger partial charge in [0, 0.05) is 13.1 Å². The number of sulfonamides is 1. The first-order valence-electron chi connectivity index (χ1n) is 7.09. The summed E-state index contributed by atoms with van der Waals surface area (Å²) < 4.78 is 26.7. The molecule has 5 heteroatoms. The summed E-state index contributed by atoms with van der Waals surface area (Å²) in [6, 6.07) is 5.02. The summed E-state index contributed by atoms with van der Waals surface area (Å²) in [4.78, 5) is 0.265. The van der Waals surface area contributed by atoms with Crippen LogP contribution in [0, 0.1) is 5.92 Å². The van der Waals surface area contributed by atoms with Crippen LogP contribution >= 0.6 is 0 Å². The number of aliphatic hydroxyl groups excluding tert-OH is 1. The monoisotopic (exact) mass is 299 g/mol. The van der Waals surface area contributed by atoms with Gasteiger partial charge in [0.25, 0.3) is 0 Å². The molecule has 0 unspecified atom stereocenters. The Bertz CT molecular complexity index is 538. The molecule has 0 saturated carbocycles. The van der Waals surface area contributed by atoms with Crippen molar-refractivity contribution in [2.24, 2.45) is 5.92 Å². The van der Waals surface area contributed by atoms with Gasteiger partial charge < -0.3 is 5.11 Å². The number of benzene rings is 1. The number of nitrogens with zero attached hydrogens (tertiary/aromatic N) is 1. The Labute approximate surface area is 122 Å². The summed E-state index contributed by atoms with van der Waals surface area (Å²) in [6.07, 6.45) is 0.777. The highest BCUT2D eigenvalue weighted by atomic mass is 32.2. The van der Waals surface area contributed by atoms with Crippen LogP contribution in [0.15, 0.2) is 23.1 Å². The van der Waals surface area contributed by atoms with Gasteiger partial charge in [0.1, 0.15) is 0 Å². The van der Waals surface area contributed by atoms with E-state index in [2.05, 4.69) is 0 Å². The van der Waals surface area contributed by atoms with Crippen LogP contribution in [0.3, 0.4) is 0 Å². The van der Waals surface area contributed by atoms with E-state index < -0.39 is 10.0 Å². The summed E-state index contributed by atoms with van der Waals surface area (Å²) in [5.74, 6) is 0.275. The van der Waals surface area contributed by atoms with Crippen molar-refractivity contribution in [2.45, 2.75) is 45.6 Å². The van der Waals surface area contributed by atoms with E-state index in [1.807, 2.05) is 27.7 Å². The van der Waals surface area contributed by atoms with Gasteiger partial charge in [0.2, 0.25) is 10.0 Å². The van der Waals surface area contributed by atoms with Crippen LogP contribution in [0.25, 0.3) is 0 Å². The van der Waals surface area contributed by atoms with Crippen molar-refractivity contribution in [3.05, 3.63) is 29.3 Å². The standard InChI is InChI=1S/C15H25NO3S/c1-5-13-7-8-15(9-14(13)11-17)20(18,19)16(6-2)10-12(3)4/h7-9,12,17H,5-6,10-11H2,1-4H3. The third kappa shape index (κ3) is 3.81. The average molecular weight is 299 g/mol. The second-order valence-electron chi connectivity index (χ2n) is 5.29. The molecule has 0 atom stereocenters. The second kappa shape index (κ2) is 7.20. The van der Waals surface area contributed by atoms with Gasteiger partial charge >= 0.3 is 0 Å². The molecule has 0 radical (unpaired) electrons. The van der Waals surface area contributed by atoms with Crippen molar-refractivity contribution < 1.29 is 13.5 Å². The molecule has 0 amide bonds. The smallest absolute Gasteiger partial charge is 0.243 e. The van der Waals surface area contributed by atoms with E-state index in [1.54, 1.807) is 18.2 Å². The molecule has 1 rings (SSSR count). The van der Waals surface area contributed by atoms with E-state index in [0.717, 1.165) is 12.0 Å². The maximum atomic E-state index is 12.6. The highest BCUT2D eigenvalue weighted by Gasteiger charge is 2.24. The molecular weight excluding hydrogens is 274 g/mol. The summed E-state index contributed by atoms with van der Waals surface area (Å²) >= 11 is 0. The first-order valence-corrected chi connectivity index (χ1v) is 8.53. The minimum Gasteiger partial charge on any atom is -0.392 e. The number of aliphatic hydroxyl groups is 1. The van der Waals surface area contributed by atoms with E-state index in [4.69, 9.17) is 0 Å². The fourth-order valence-electron chi connectivity index (χ4n) is 2.21. The normalized spacial score (nSPS) is 12.3. The Morgan fingerprint density at radius 1 is 1.20 bits per heavy atom.